The Morgan fingerprint density at radius 2 is 2.00 bits per heavy atom. The number of aryl methyl sites for hydroxylation is 2. The maximum absolute atomic E-state index is 5.91. The third kappa shape index (κ3) is 5.57. The zero-order valence-corrected chi connectivity index (χ0v) is 16.1. The average molecular weight is 389 g/mol. The molecule has 1 aromatic carbocycles. The minimum atomic E-state index is 0.568. The van der Waals surface area contributed by atoms with Crippen molar-refractivity contribution in [1.29, 1.82) is 0 Å². The van der Waals surface area contributed by atoms with Crippen LogP contribution in [0.5, 0.6) is 0 Å². The summed E-state index contributed by atoms with van der Waals surface area (Å²) in [5.41, 5.74) is 2.31. The molecule has 0 fully saturated rings. The molecule has 0 amide bonds. The molecular weight excluding hydrogens is 368 g/mol. The largest absolute Gasteiger partial charge is 0.362 e. The molecule has 2 aromatic heterocycles. The first-order valence-electron chi connectivity index (χ1n) is 8.40. The van der Waals surface area contributed by atoms with E-state index >= 15 is 0 Å². The number of halogens is 1. The van der Waals surface area contributed by atoms with Crippen molar-refractivity contribution in [2.45, 2.75) is 26.4 Å². The van der Waals surface area contributed by atoms with Crippen molar-refractivity contribution in [3.63, 3.8) is 0 Å². The SMILES string of the molecule is Cc1cnn(CCCNC(=S)Nc2ccn(Cc3ccc(Cl)cc3)n2)c1. The highest BCUT2D eigenvalue weighted by Gasteiger charge is 2.03. The summed E-state index contributed by atoms with van der Waals surface area (Å²) >= 11 is 11.2. The van der Waals surface area contributed by atoms with Gasteiger partial charge in [0, 0.05) is 36.6 Å². The summed E-state index contributed by atoms with van der Waals surface area (Å²) in [6.45, 7) is 4.35. The summed E-state index contributed by atoms with van der Waals surface area (Å²) in [5.74, 6) is 0.721. The molecule has 0 radical (unpaired) electrons. The van der Waals surface area contributed by atoms with E-state index in [-0.39, 0.29) is 0 Å². The summed E-state index contributed by atoms with van der Waals surface area (Å²) < 4.78 is 3.79. The molecule has 0 saturated heterocycles. The summed E-state index contributed by atoms with van der Waals surface area (Å²) in [4.78, 5) is 0. The number of nitrogens with zero attached hydrogens (tertiary/aromatic N) is 4. The van der Waals surface area contributed by atoms with Gasteiger partial charge in [0.05, 0.1) is 12.7 Å². The van der Waals surface area contributed by atoms with Gasteiger partial charge in [-0.05, 0) is 48.8 Å². The molecule has 0 aliphatic rings. The van der Waals surface area contributed by atoms with Gasteiger partial charge in [0.15, 0.2) is 10.9 Å². The molecule has 0 aliphatic carbocycles. The number of aromatic nitrogens is 4. The molecule has 0 saturated carbocycles. The lowest BCUT2D eigenvalue weighted by molar-refractivity contribution is 0.573. The van der Waals surface area contributed by atoms with Crippen LogP contribution in [0.15, 0.2) is 48.9 Å². The van der Waals surface area contributed by atoms with Crippen LogP contribution in [0.1, 0.15) is 17.5 Å². The van der Waals surface area contributed by atoms with Crippen LogP contribution in [0.4, 0.5) is 5.82 Å². The van der Waals surface area contributed by atoms with E-state index in [4.69, 9.17) is 23.8 Å². The lowest BCUT2D eigenvalue weighted by Crippen LogP contribution is -2.30. The summed E-state index contributed by atoms with van der Waals surface area (Å²) in [7, 11) is 0. The highest BCUT2D eigenvalue weighted by atomic mass is 35.5. The topological polar surface area (TPSA) is 59.7 Å². The van der Waals surface area contributed by atoms with Gasteiger partial charge in [0.25, 0.3) is 0 Å². The van der Waals surface area contributed by atoms with E-state index < -0.39 is 0 Å². The van der Waals surface area contributed by atoms with E-state index in [0.29, 0.717) is 11.7 Å². The summed E-state index contributed by atoms with van der Waals surface area (Å²) in [6, 6.07) is 9.64. The molecule has 3 aromatic rings. The number of hydrogen-bond acceptors (Lipinski definition) is 3. The quantitative estimate of drug-likeness (QED) is 0.479. The van der Waals surface area contributed by atoms with Gasteiger partial charge in [-0.3, -0.25) is 9.36 Å². The van der Waals surface area contributed by atoms with Crippen LogP contribution >= 0.6 is 23.8 Å². The third-order valence-corrected chi connectivity index (χ3v) is 4.25. The molecule has 0 aliphatic heterocycles. The van der Waals surface area contributed by atoms with E-state index in [1.807, 2.05) is 65.2 Å². The lowest BCUT2D eigenvalue weighted by Gasteiger charge is -2.08. The maximum Gasteiger partial charge on any atom is 0.171 e. The standard InChI is InChI=1S/C18H21ClN6S/c1-14-11-21-24(12-14)9-2-8-20-18(26)22-17-7-10-25(23-17)13-15-3-5-16(19)6-4-15/h3-7,10-12H,2,8-9,13H2,1H3,(H2,20,22,23,26). The fourth-order valence-corrected chi connectivity index (χ4v) is 2.82. The molecule has 0 spiro atoms. The van der Waals surface area contributed by atoms with Gasteiger partial charge in [0.2, 0.25) is 0 Å². The Morgan fingerprint density at radius 1 is 1.19 bits per heavy atom. The predicted octanol–water partition coefficient (Wildman–Crippen LogP) is 3.47. The first-order valence-corrected chi connectivity index (χ1v) is 9.19. The molecule has 0 unspecified atom stereocenters. The molecule has 0 atom stereocenters. The molecule has 0 bridgehead atoms. The van der Waals surface area contributed by atoms with Crippen molar-refractivity contribution in [2.24, 2.45) is 0 Å². The predicted molar refractivity (Wildman–Crippen MR) is 109 cm³/mol. The van der Waals surface area contributed by atoms with Crippen LogP contribution in [-0.2, 0) is 13.1 Å². The second kappa shape index (κ2) is 8.82. The van der Waals surface area contributed by atoms with Gasteiger partial charge in [-0.1, -0.05) is 23.7 Å². The minimum Gasteiger partial charge on any atom is -0.362 e. The second-order valence-electron chi connectivity index (χ2n) is 6.04. The smallest absolute Gasteiger partial charge is 0.171 e. The fourth-order valence-electron chi connectivity index (χ4n) is 2.49. The Hall–Kier alpha value is -2.38. The summed E-state index contributed by atoms with van der Waals surface area (Å²) in [6.07, 6.45) is 6.75. The van der Waals surface area contributed by atoms with Crippen LogP contribution in [0.25, 0.3) is 0 Å². The molecule has 26 heavy (non-hydrogen) atoms. The highest BCUT2D eigenvalue weighted by Crippen LogP contribution is 2.11. The Labute approximate surface area is 163 Å². The van der Waals surface area contributed by atoms with Crippen molar-refractivity contribution < 1.29 is 0 Å². The molecule has 6 nitrogen and oxygen atoms in total. The molecule has 136 valence electrons. The van der Waals surface area contributed by atoms with Gasteiger partial charge in [0.1, 0.15) is 0 Å². The lowest BCUT2D eigenvalue weighted by atomic mass is 10.2. The van der Waals surface area contributed by atoms with Gasteiger partial charge in [-0.25, -0.2) is 0 Å². The first kappa shape index (κ1) is 18.4. The Morgan fingerprint density at radius 3 is 2.73 bits per heavy atom. The number of thiocarbonyl (C=S) groups is 1. The van der Waals surface area contributed by atoms with Crippen molar-refractivity contribution in [2.75, 3.05) is 11.9 Å². The maximum atomic E-state index is 5.91. The van der Waals surface area contributed by atoms with E-state index in [1.54, 1.807) is 0 Å². The number of rotatable bonds is 7. The average Bonchev–Trinajstić information content (AvgIpc) is 3.23. The van der Waals surface area contributed by atoms with Gasteiger partial charge >= 0.3 is 0 Å². The third-order valence-electron chi connectivity index (χ3n) is 3.75. The minimum absolute atomic E-state index is 0.568. The van der Waals surface area contributed by atoms with Gasteiger partial charge < -0.3 is 10.6 Å². The first-order chi connectivity index (χ1) is 12.6. The number of benzene rings is 1. The van der Waals surface area contributed by atoms with Gasteiger partial charge in [-0.15, -0.1) is 0 Å². The van der Waals surface area contributed by atoms with Crippen LogP contribution in [0, 0.1) is 6.92 Å². The highest BCUT2D eigenvalue weighted by molar-refractivity contribution is 7.80. The Balaban J connectivity index is 1.40. The van der Waals surface area contributed by atoms with Crippen LogP contribution in [0.2, 0.25) is 5.02 Å². The zero-order chi connectivity index (χ0) is 18.4. The number of nitrogens with one attached hydrogen (secondary N) is 2. The van der Waals surface area contributed by atoms with Crippen molar-refractivity contribution in [3.05, 3.63) is 65.1 Å². The Kier molecular flexibility index (Phi) is 6.25. The zero-order valence-electron chi connectivity index (χ0n) is 14.5. The van der Waals surface area contributed by atoms with Crippen molar-refractivity contribution in [1.82, 2.24) is 24.9 Å². The molecular formula is C18H21ClN6S. The van der Waals surface area contributed by atoms with Gasteiger partial charge in [-0.2, -0.15) is 10.2 Å². The number of anilines is 1. The monoisotopic (exact) mass is 388 g/mol. The van der Waals surface area contributed by atoms with E-state index in [9.17, 15) is 0 Å². The van der Waals surface area contributed by atoms with E-state index in [1.165, 1.54) is 5.56 Å². The second-order valence-corrected chi connectivity index (χ2v) is 6.88. The van der Waals surface area contributed by atoms with Crippen LogP contribution in [0.3, 0.4) is 0 Å². The number of hydrogen-bond donors (Lipinski definition) is 2. The van der Waals surface area contributed by atoms with Crippen molar-refractivity contribution >= 4 is 34.7 Å². The van der Waals surface area contributed by atoms with Crippen LogP contribution < -0.4 is 10.6 Å². The van der Waals surface area contributed by atoms with E-state index in [0.717, 1.165) is 35.9 Å². The molecule has 2 N–H and O–H groups in total. The molecule has 8 heteroatoms. The molecule has 2 heterocycles. The van der Waals surface area contributed by atoms with E-state index in [2.05, 4.69) is 20.8 Å². The molecule has 3 rings (SSSR count). The van der Waals surface area contributed by atoms with Crippen molar-refractivity contribution in [3.8, 4) is 0 Å². The summed E-state index contributed by atoms with van der Waals surface area (Å²) in [5, 5.41) is 16.3. The normalized spacial score (nSPS) is 10.7. The Bertz CT molecular complexity index is 855. The fraction of sp³-hybridized carbons (Fsp3) is 0.278. The van der Waals surface area contributed by atoms with Crippen LogP contribution in [-0.4, -0.2) is 31.2 Å².